The molecule has 0 radical (unpaired) electrons. The molecular weight excluding hydrogens is 232 g/mol. The predicted molar refractivity (Wildman–Crippen MR) is 83.4 cm³/mol. The molecular formula is C17H34N2. The van der Waals surface area contributed by atoms with Gasteiger partial charge in [0.25, 0.3) is 0 Å². The summed E-state index contributed by atoms with van der Waals surface area (Å²) in [7, 11) is 0. The Bertz CT molecular complexity index is 248. The van der Waals surface area contributed by atoms with E-state index in [9.17, 15) is 0 Å². The Balaban J connectivity index is 1.92. The average molecular weight is 266 g/mol. The zero-order valence-corrected chi connectivity index (χ0v) is 13.3. The molecule has 0 amide bonds. The van der Waals surface area contributed by atoms with E-state index >= 15 is 0 Å². The van der Waals surface area contributed by atoms with Crippen molar-refractivity contribution in [3.8, 4) is 0 Å². The Kier molecular flexibility index (Phi) is 6.15. The molecule has 2 fully saturated rings. The number of nitrogens with zero attached hydrogens (tertiary/aromatic N) is 1. The van der Waals surface area contributed by atoms with Gasteiger partial charge in [0, 0.05) is 12.6 Å². The zero-order chi connectivity index (χ0) is 13.7. The quantitative estimate of drug-likeness (QED) is 0.819. The maximum atomic E-state index is 3.50. The third-order valence-electron chi connectivity index (χ3n) is 5.35. The minimum Gasteiger partial charge on any atom is -0.317 e. The predicted octanol–water partition coefficient (Wildman–Crippen LogP) is 3.52. The highest BCUT2D eigenvalue weighted by Crippen LogP contribution is 2.33. The molecule has 1 aliphatic carbocycles. The number of piperidine rings is 1. The molecule has 0 bridgehead atoms. The van der Waals surface area contributed by atoms with Crippen molar-refractivity contribution in [2.24, 2.45) is 17.8 Å². The van der Waals surface area contributed by atoms with E-state index < -0.39 is 0 Å². The Morgan fingerprint density at radius 2 is 1.79 bits per heavy atom. The lowest BCUT2D eigenvalue weighted by Gasteiger charge is -2.42. The summed E-state index contributed by atoms with van der Waals surface area (Å²) in [4.78, 5) is 2.86. The van der Waals surface area contributed by atoms with Gasteiger partial charge in [0.15, 0.2) is 0 Å². The zero-order valence-electron chi connectivity index (χ0n) is 13.3. The molecule has 112 valence electrons. The first-order chi connectivity index (χ1) is 9.20. The highest BCUT2D eigenvalue weighted by Gasteiger charge is 2.31. The summed E-state index contributed by atoms with van der Waals surface area (Å²) in [6.45, 7) is 12.4. The van der Waals surface area contributed by atoms with Crippen LogP contribution in [-0.2, 0) is 0 Å². The van der Waals surface area contributed by atoms with Gasteiger partial charge in [-0.15, -0.1) is 0 Å². The molecule has 0 spiro atoms. The van der Waals surface area contributed by atoms with Crippen molar-refractivity contribution >= 4 is 0 Å². The summed E-state index contributed by atoms with van der Waals surface area (Å²) < 4.78 is 0. The summed E-state index contributed by atoms with van der Waals surface area (Å²) in [5.74, 6) is 2.79. The number of hydrogen-bond donors (Lipinski definition) is 1. The molecule has 1 aliphatic heterocycles. The molecule has 1 heterocycles. The minimum atomic E-state index is 0.860. The molecule has 1 saturated heterocycles. The SMILES string of the molecule is CCCN(CC1CCNCC1)C1CC(C)CCC1C. The largest absolute Gasteiger partial charge is 0.317 e. The number of rotatable bonds is 5. The fraction of sp³-hybridized carbons (Fsp3) is 1.00. The smallest absolute Gasteiger partial charge is 0.0123 e. The van der Waals surface area contributed by atoms with Crippen LogP contribution in [0.2, 0.25) is 0 Å². The first kappa shape index (κ1) is 15.3. The summed E-state index contributed by atoms with van der Waals surface area (Å²) in [5, 5.41) is 3.50. The minimum absolute atomic E-state index is 0.860. The van der Waals surface area contributed by atoms with E-state index in [1.165, 1.54) is 64.7 Å². The molecule has 1 N–H and O–H groups in total. The molecule has 2 nitrogen and oxygen atoms in total. The molecule has 3 unspecified atom stereocenters. The van der Waals surface area contributed by atoms with Crippen LogP contribution in [-0.4, -0.2) is 37.1 Å². The van der Waals surface area contributed by atoms with Crippen LogP contribution in [0.25, 0.3) is 0 Å². The second-order valence-electron chi connectivity index (χ2n) is 7.15. The lowest BCUT2D eigenvalue weighted by Crippen LogP contribution is -2.47. The molecule has 2 heteroatoms. The fourth-order valence-electron chi connectivity index (χ4n) is 4.09. The van der Waals surface area contributed by atoms with Crippen LogP contribution in [0.1, 0.15) is 59.3 Å². The number of nitrogens with one attached hydrogen (secondary N) is 1. The third-order valence-corrected chi connectivity index (χ3v) is 5.35. The van der Waals surface area contributed by atoms with Crippen molar-refractivity contribution in [1.29, 1.82) is 0 Å². The van der Waals surface area contributed by atoms with Gasteiger partial charge in [-0.25, -0.2) is 0 Å². The van der Waals surface area contributed by atoms with Crippen molar-refractivity contribution in [3.05, 3.63) is 0 Å². The summed E-state index contributed by atoms with van der Waals surface area (Å²) >= 11 is 0. The van der Waals surface area contributed by atoms with Crippen LogP contribution in [0.5, 0.6) is 0 Å². The van der Waals surface area contributed by atoms with E-state index in [0.717, 1.165) is 23.8 Å². The monoisotopic (exact) mass is 266 g/mol. The van der Waals surface area contributed by atoms with Crippen molar-refractivity contribution in [1.82, 2.24) is 10.2 Å². The summed E-state index contributed by atoms with van der Waals surface area (Å²) in [6.07, 6.45) is 8.41. The van der Waals surface area contributed by atoms with E-state index in [1.807, 2.05) is 0 Å². The highest BCUT2D eigenvalue weighted by atomic mass is 15.2. The van der Waals surface area contributed by atoms with E-state index in [2.05, 4.69) is 31.0 Å². The van der Waals surface area contributed by atoms with Gasteiger partial charge in [-0.3, -0.25) is 4.90 Å². The van der Waals surface area contributed by atoms with Gasteiger partial charge < -0.3 is 5.32 Å². The Morgan fingerprint density at radius 3 is 2.47 bits per heavy atom. The molecule has 0 aromatic rings. The van der Waals surface area contributed by atoms with Gasteiger partial charge in [-0.05, 0) is 69.5 Å². The third kappa shape index (κ3) is 4.46. The Morgan fingerprint density at radius 1 is 1.05 bits per heavy atom. The van der Waals surface area contributed by atoms with Gasteiger partial charge in [-0.2, -0.15) is 0 Å². The van der Waals surface area contributed by atoms with Crippen molar-refractivity contribution in [2.45, 2.75) is 65.3 Å². The lowest BCUT2D eigenvalue weighted by molar-refractivity contribution is 0.0706. The van der Waals surface area contributed by atoms with E-state index in [4.69, 9.17) is 0 Å². The van der Waals surface area contributed by atoms with Crippen LogP contribution in [0.4, 0.5) is 0 Å². The normalized spacial score (nSPS) is 33.8. The van der Waals surface area contributed by atoms with Crippen LogP contribution < -0.4 is 5.32 Å². The van der Waals surface area contributed by atoms with Crippen LogP contribution in [0.3, 0.4) is 0 Å². The maximum absolute atomic E-state index is 3.50. The molecule has 0 aromatic carbocycles. The van der Waals surface area contributed by atoms with Crippen molar-refractivity contribution < 1.29 is 0 Å². The first-order valence-corrected chi connectivity index (χ1v) is 8.65. The van der Waals surface area contributed by atoms with Gasteiger partial charge in [0.1, 0.15) is 0 Å². The van der Waals surface area contributed by atoms with E-state index in [0.29, 0.717) is 0 Å². The Hall–Kier alpha value is -0.0800. The van der Waals surface area contributed by atoms with Gasteiger partial charge in [0.2, 0.25) is 0 Å². The topological polar surface area (TPSA) is 15.3 Å². The van der Waals surface area contributed by atoms with Gasteiger partial charge in [0.05, 0.1) is 0 Å². The van der Waals surface area contributed by atoms with Crippen molar-refractivity contribution in [3.63, 3.8) is 0 Å². The second kappa shape index (κ2) is 7.64. The molecule has 2 rings (SSSR count). The van der Waals surface area contributed by atoms with Crippen LogP contribution in [0, 0.1) is 17.8 Å². The first-order valence-electron chi connectivity index (χ1n) is 8.65. The van der Waals surface area contributed by atoms with Gasteiger partial charge in [-0.1, -0.05) is 27.2 Å². The standard InChI is InChI=1S/C17H34N2/c1-4-11-19(13-16-7-9-18-10-8-16)17-12-14(2)5-6-15(17)3/h14-18H,4-13H2,1-3H3. The number of hydrogen-bond acceptors (Lipinski definition) is 2. The maximum Gasteiger partial charge on any atom is 0.0123 e. The average Bonchev–Trinajstić information content (AvgIpc) is 2.42. The summed E-state index contributed by atoms with van der Waals surface area (Å²) in [5.41, 5.74) is 0. The molecule has 0 aromatic heterocycles. The molecule has 1 saturated carbocycles. The molecule has 3 atom stereocenters. The second-order valence-corrected chi connectivity index (χ2v) is 7.15. The summed E-state index contributed by atoms with van der Waals surface area (Å²) in [6, 6.07) is 0.860. The van der Waals surface area contributed by atoms with E-state index in [1.54, 1.807) is 0 Å². The lowest BCUT2D eigenvalue weighted by atomic mass is 9.78. The van der Waals surface area contributed by atoms with Crippen LogP contribution in [0.15, 0.2) is 0 Å². The highest BCUT2D eigenvalue weighted by molar-refractivity contribution is 4.85. The molecule has 2 aliphatic rings. The fourth-order valence-corrected chi connectivity index (χ4v) is 4.09. The van der Waals surface area contributed by atoms with Crippen LogP contribution >= 0.6 is 0 Å². The molecule has 19 heavy (non-hydrogen) atoms. The van der Waals surface area contributed by atoms with Crippen molar-refractivity contribution in [2.75, 3.05) is 26.2 Å². The van der Waals surface area contributed by atoms with Gasteiger partial charge >= 0.3 is 0 Å². The Labute approximate surface area is 120 Å². The van der Waals surface area contributed by atoms with E-state index in [-0.39, 0.29) is 0 Å².